The molecule has 0 fully saturated rings. The molecule has 1 amide bonds. The topological polar surface area (TPSA) is 29.5 Å². The zero-order chi connectivity index (χ0) is 10.4. The minimum atomic E-state index is -0.0616. The molecule has 0 spiro atoms. The minimum absolute atomic E-state index is 0.0616. The van der Waals surface area contributed by atoms with Crippen LogP contribution in [0.15, 0.2) is 11.1 Å². The third kappa shape index (κ3) is 4.08. The Kier molecular flexibility index (Phi) is 5.39. The van der Waals surface area contributed by atoms with Crippen molar-refractivity contribution < 1.29 is 9.63 Å². The number of carbonyl (C=O) groups excluding carboxylic acids is 1. The van der Waals surface area contributed by atoms with E-state index in [4.69, 9.17) is 4.84 Å². The maximum absolute atomic E-state index is 11.5. The van der Waals surface area contributed by atoms with Gasteiger partial charge in [-0.25, -0.2) is 5.06 Å². The van der Waals surface area contributed by atoms with Gasteiger partial charge in [-0.15, -0.1) is 0 Å². The minimum Gasteiger partial charge on any atom is -0.271 e. The summed E-state index contributed by atoms with van der Waals surface area (Å²) in [6, 6.07) is 0. The molecule has 3 nitrogen and oxygen atoms in total. The molecule has 0 saturated heterocycles. The molecule has 0 bridgehead atoms. The van der Waals surface area contributed by atoms with E-state index in [1.807, 2.05) is 27.7 Å². The Hall–Kier alpha value is -0.830. The maximum Gasteiger partial charge on any atom is 0.272 e. The zero-order valence-corrected chi connectivity index (χ0v) is 9.18. The van der Waals surface area contributed by atoms with Gasteiger partial charge in [0.1, 0.15) is 0 Å². The molecule has 0 N–H and O–H groups in total. The first-order valence-electron chi connectivity index (χ1n) is 4.55. The van der Waals surface area contributed by atoms with Gasteiger partial charge in [0.2, 0.25) is 0 Å². The molecule has 0 aliphatic rings. The molecule has 3 heteroatoms. The highest BCUT2D eigenvalue weighted by Gasteiger charge is 2.11. The van der Waals surface area contributed by atoms with E-state index in [0.717, 1.165) is 17.6 Å². The van der Waals surface area contributed by atoms with Crippen molar-refractivity contribution in [1.29, 1.82) is 0 Å². The molecule has 0 heterocycles. The molecule has 0 atom stereocenters. The summed E-state index contributed by atoms with van der Waals surface area (Å²) in [7, 11) is 1.64. The van der Waals surface area contributed by atoms with E-state index in [0.29, 0.717) is 6.61 Å². The number of carbonyl (C=O) groups is 1. The van der Waals surface area contributed by atoms with Crippen molar-refractivity contribution in [2.75, 3.05) is 13.7 Å². The van der Waals surface area contributed by atoms with Gasteiger partial charge in [-0.1, -0.05) is 12.5 Å². The quantitative estimate of drug-likeness (QED) is 0.496. The second-order valence-corrected chi connectivity index (χ2v) is 3.26. The van der Waals surface area contributed by atoms with Crippen LogP contribution in [0.3, 0.4) is 0 Å². The van der Waals surface area contributed by atoms with Crippen LogP contribution in [0.4, 0.5) is 0 Å². The van der Waals surface area contributed by atoms with Crippen LogP contribution >= 0.6 is 0 Å². The highest BCUT2D eigenvalue weighted by atomic mass is 16.7. The number of allylic oxidation sites excluding steroid dienone is 1. The lowest BCUT2D eigenvalue weighted by Gasteiger charge is -2.17. The fourth-order valence-corrected chi connectivity index (χ4v) is 0.737. The van der Waals surface area contributed by atoms with Crippen LogP contribution < -0.4 is 0 Å². The number of likely N-dealkylation sites (N-methyl/N-ethyl adjacent to an activating group) is 1. The number of hydrogen-bond donors (Lipinski definition) is 0. The normalized spacial score (nSPS) is 9.62. The fraction of sp³-hybridized carbons (Fsp3) is 0.700. The molecule has 0 aromatic heterocycles. The second kappa shape index (κ2) is 5.75. The third-order valence-electron chi connectivity index (χ3n) is 1.85. The number of amides is 1. The van der Waals surface area contributed by atoms with Crippen LogP contribution in [0.2, 0.25) is 0 Å². The van der Waals surface area contributed by atoms with Crippen LogP contribution in [0.5, 0.6) is 0 Å². The molecule has 0 radical (unpaired) electrons. The number of hydroxylamine groups is 2. The van der Waals surface area contributed by atoms with E-state index in [2.05, 4.69) is 0 Å². The summed E-state index contributed by atoms with van der Waals surface area (Å²) < 4.78 is 0. The van der Waals surface area contributed by atoms with Crippen LogP contribution in [0, 0.1) is 0 Å². The van der Waals surface area contributed by atoms with Crippen LogP contribution in [-0.4, -0.2) is 24.6 Å². The Labute approximate surface area is 80.3 Å². The molecule has 0 aromatic carbocycles. The Morgan fingerprint density at radius 2 is 1.85 bits per heavy atom. The Bertz CT molecular complexity index is 205. The van der Waals surface area contributed by atoms with Gasteiger partial charge in [-0.2, -0.15) is 0 Å². The van der Waals surface area contributed by atoms with E-state index in [1.54, 1.807) is 7.05 Å². The molecule has 0 unspecified atom stereocenters. The molecule has 0 aliphatic heterocycles. The lowest BCUT2D eigenvalue weighted by molar-refractivity contribution is -0.173. The first-order chi connectivity index (χ1) is 6.00. The largest absolute Gasteiger partial charge is 0.272 e. The lowest BCUT2D eigenvalue weighted by atomic mass is 10.2. The first-order valence-corrected chi connectivity index (χ1v) is 4.55. The van der Waals surface area contributed by atoms with E-state index < -0.39 is 0 Å². The number of hydrogen-bond acceptors (Lipinski definition) is 2. The average molecular weight is 185 g/mol. The molecule has 0 aromatic rings. The van der Waals surface area contributed by atoms with Crippen molar-refractivity contribution in [3.63, 3.8) is 0 Å². The van der Waals surface area contributed by atoms with E-state index in [-0.39, 0.29) is 5.91 Å². The van der Waals surface area contributed by atoms with Gasteiger partial charge in [0.25, 0.3) is 5.91 Å². The maximum atomic E-state index is 11.5. The van der Waals surface area contributed by atoms with Crippen LogP contribution in [-0.2, 0) is 9.63 Å². The zero-order valence-electron chi connectivity index (χ0n) is 9.18. The summed E-state index contributed by atoms with van der Waals surface area (Å²) in [6.07, 6.45) is 0.908. The second-order valence-electron chi connectivity index (χ2n) is 3.26. The lowest BCUT2D eigenvalue weighted by Crippen LogP contribution is -2.28. The van der Waals surface area contributed by atoms with Gasteiger partial charge in [0.05, 0.1) is 6.61 Å². The molecule has 0 rings (SSSR count). The summed E-state index contributed by atoms with van der Waals surface area (Å²) in [5.41, 5.74) is 1.77. The molecule has 0 aliphatic carbocycles. The van der Waals surface area contributed by atoms with Gasteiger partial charge < -0.3 is 0 Å². The van der Waals surface area contributed by atoms with E-state index in [1.165, 1.54) is 5.06 Å². The van der Waals surface area contributed by atoms with Crippen molar-refractivity contribution in [3.8, 4) is 0 Å². The van der Waals surface area contributed by atoms with E-state index in [9.17, 15) is 4.79 Å². The Balaban J connectivity index is 4.19. The molecule has 13 heavy (non-hydrogen) atoms. The third-order valence-corrected chi connectivity index (χ3v) is 1.85. The SMILES string of the molecule is CCCON(C)C(=O)C(C)=C(C)C. The predicted molar refractivity (Wildman–Crippen MR) is 53.1 cm³/mol. The van der Waals surface area contributed by atoms with Gasteiger partial charge in [0.15, 0.2) is 0 Å². The van der Waals surface area contributed by atoms with Crippen molar-refractivity contribution in [2.45, 2.75) is 34.1 Å². The first kappa shape index (κ1) is 12.2. The Morgan fingerprint density at radius 1 is 1.31 bits per heavy atom. The standard InChI is InChI=1S/C10H19NO2/c1-6-7-13-11(5)10(12)9(4)8(2)3/h6-7H2,1-5H3. The summed E-state index contributed by atoms with van der Waals surface area (Å²) >= 11 is 0. The van der Waals surface area contributed by atoms with Crippen LogP contribution in [0.25, 0.3) is 0 Å². The molecule has 0 saturated carbocycles. The highest BCUT2D eigenvalue weighted by molar-refractivity contribution is 5.92. The monoisotopic (exact) mass is 185 g/mol. The van der Waals surface area contributed by atoms with Crippen molar-refractivity contribution in [2.24, 2.45) is 0 Å². The Morgan fingerprint density at radius 3 is 2.23 bits per heavy atom. The molecular weight excluding hydrogens is 166 g/mol. The molecular formula is C10H19NO2. The summed E-state index contributed by atoms with van der Waals surface area (Å²) in [6.45, 7) is 8.23. The number of nitrogens with zero attached hydrogens (tertiary/aromatic N) is 1. The summed E-state index contributed by atoms with van der Waals surface area (Å²) in [4.78, 5) is 16.7. The fourth-order valence-electron chi connectivity index (χ4n) is 0.737. The number of rotatable bonds is 4. The van der Waals surface area contributed by atoms with E-state index >= 15 is 0 Å². The van der Waals surface area contributed by atoms with Gasteiger partial charge in [0, 0.05) is 12.6 Å². The van der Waals surface area contributed by atoms with Crippen molar-refractivity contribution >= 4 is 5.91 Å². The molecule has 76 valence electrons. The summed E-state index contributed by atoms with van der Waals surface area (Å²) in [5.74, 6) is -0.0616. The van der Waals surface area contributed by atoms with Crippen molar-refractivity contribution in [1.82, 2.24) is 5.06 Å². The highest BCUT2D eigenvalue weighted by Crippen LogP contribution is 2.05. The summed E-state index contributed by atoms with van der Waals surface area (Å²) in [5, 5.41) is 1.30. The van der Waals surface area contributed by atoms with Gasteiger partial charge in [-0.05, 0) is 27.2 Å². The van der Waals surface area contributed by atoms with Gasteiger partial charge in [-0.3, -0.25) is 9.63 Å². The van der Waals surface area contributed by atoms with Crippen molar-refractivity contribution in [3.05, 3.63) is 11.1 Å². The smallest absolute Gasteiger partial charge is 0.271 e. The van der Waals surface area contributed by atoms with Crippen LogP contribution in [0.1, 0.15) is 34.1 Å². The van der Waals surface area contributed by atoms with Gasteiger partial charge >= 0.3 is 0 Å². The predicted octanol–water partition coefficient (Wildman–Crippen LogP) is 2.14. The average Bonchev–Trinajstić information content (AvgIpc) is 2.11.